The minimum atomic E-state index is -0.713. The quantitative estimate of drug-likeness (QED) is 0.746. The van der Waals surface area contributed by atoms with Crippen molar-refractivity contribution in [3.05, 3.63) is 42.7 Å². The maximum absolute atomic E-state index is 12.5. The van der Waals surface area contributed by atoms with Gasteiger partial charge in [0.25, 0.3) is 0 Å². The molecule has 1 atom stereocenters. The highest BCUT2D eigenvalue weighted by atomic mass is 16.3. The van der Waals surface area contributed by atoms with E-state index < -0.39 is 6.10 Å². The van der Waals surface area contributed by atoms with Crippen molar-refractivity contribution in [3.8, 4) is 11.3 Å². The van der Waals surface area contributed by atoms with Crippen LogP contribution >= 0.6 is 0 Å². The third-order valence-electron chi connectivity index (χ3n) is 4.57. The summed E-state index contributed by atoms with van der Waals surface area (Å²) in [5.41, 5.74) is 1.69. The summed E-state index contributed by atoms with van der Waals surface area (Å²) in [6.45, 7) is 1.73. The molecule has 6 nitrogen and oxygen atoms in total. The molecular weight excluding hydrogens is 320 g/mol. The van der Waals surface area contributed by atoms with E-state index in [1.807, 2.05) is 36.4 Å². The van der Waals surface area contributed by atoms with Gasteiger partial charge < -0.3 is 24.8 Å². The summed E-state index contributed by atoms with van der Waals surface area (Å²) in [4.78, 5) is 14.6. The number of likely N-dealkylation sites (tertiary alicyclic amines) is 1. The monoisotopic (exact) mass is 344 g/mol. The maximum atomic E-state index is 12.5. The predicted octanol–water partition coefficient (Wildman–Crippen LogP) is 1.95. The molecule has 1 aromatic carbocycles. The molecule has 1 aliphatic heterocycles. The number of piperidine rings is 1. The van der Waals surface area contributed by atoms with Crippen LogP contribution in [0.25, 0.3) is 11.3 Å². The zero-order valence-electron chi connectivity index (χ0n) is 14.1. The second-order valence-electron chi connectivity index (χ2n) is 6.46. The highest BCUT2D eigenvalue weighted by Gasteiger charge is 2.25. The van der Waals surface area contributed by atoms with Crippen molar-refractivity contribution in [1.29, 1.82) is 0 Å². The Balaban J connectivity index is 1.54. The normalized spacial score (nSPS) is 17.4. The lowest BCUT2D eigenvalue weighted by Crippen LogP contribution is -2.42. The van der Waals surface area contributed by atoms with Crippen molar-refractivity contribution in [2.45, 2.75) is 18.9 Å². The number of aliphatic hydroxyl groups excluding tert-OH is 2. The molecule has 1 amide bonds. The first-order valence-corrected chi connectivity index (χ1v) is 8.62. The first-order chi connectivity index (χ1) is 12.2. The molecular formula is C19H24N2O4. The highest BCUT2D eigenvalue weighted by Crippen LogP contribution is 2.24. The Kier molecular flexibility index (Phi) is 5.86. The van der Waals surface area contributed by atoms with Crippen molar-refractivity contribution < 1.29 is 19.4 Å². The van der Waals surface area contributed by atoms with E-state index in [0.717, 1.165) is 42.9 Å². The lowest BCUT2D eigenvalue weighted by Gasteiger charge is -2.32. The number of nitrogens with zero attached hydrogens (tertiary/aromatic N) is 1. The summed E-state index contributed by atoms with van der Waals surface area (Å²) >= 11 is 0. The Morgan fingerprint density at radius 1 is 1.28 bits per heavy atom. The van der Waals surface area contributed by atoms with E-state index in [4.69, 9.17) is 9.52 Å². The molecule has 134 valence electrons. The number of furan rings is 1. The van der Waals surface area contributed by atoms with E-state index in [0.29, 0.717) is 6.54 Å². The van der Waals surface area contributed by atoms with Crippen LogP contribution in [0, 0.1) is 5.92 Å². The SMILES string of the molecule is O=C(Nc1cccc(-c2ccco2)c1)C1CCN(CC(O)CO)CC1. The van der Waals surface area contributed by atoms with Gasteiger partial charge in [-0.3, -0.25) is 4.79 Å². The number of anilines is 1. The number of aliphatic hydroxyl groups is 2. The molecule has 0 spiro atoms. The summed E-state index contributed by atoms with van der Waals surface area (Å²) < 4.78 is 5.39. The Morgan fingerprint density at radius 2 is 2.08 bits per heavy atom. The van der Waals surface area contributed by atoms with Crippen molar-refractivity contribution in [3.63, 3.8) is 0 Å². The van der Waals surface area contributed by atoms with E-state index in [-0.39, 0.29) is 18.4 Å². The lowest BCUT2D eigenvalue weighted by molar-refractivity contribution is -0.121. The van der Waals surface area contributed by atoms with Gasteiger partial charge in [0.1, 0.15) is 5.76 Å². The maximum Gasteiger partial charge on any atom is 0.227 e. The molecule has 25 heavy (non-hydrogen) atoms. The van der Waals surface area contributed by atoms with E-state index >= 15 is 0 Å². The molecule has 1 aliphatic rings. The minimum Gasteiger partial charge on any atom is -0.464 e. The van der Waals surface area contributed by atoms with Crippen molar-refractivity contribution in [2.75, 3.05) is 31.6 Å². The van der Waals surface area contributed by atoms with Gasteiger partial charge in [-0.25, -0.2) is 0 Å². The molecule has 3 rings (SSSR count). The Morgan fingerprint density at radius 3 is 2.76 bits per heavy atom. The van der Waals surface area contributed by atoms with Gasteiger partial charge in [-0.15, -0.1) is 0 Å². The van der Waals surface area contributed by atoms with Gasteiger partial charge in [-0.2, -0.15) is 0 Å². The van der Waals surface area contributed by atoms with Gasteiger partial charge in [-0.05, 0) is 50.2 Å². The average molecular weight is 344 g/mol. The summed E-state index contributed by atoms with van der Waals surface area (Å²) in [7, 11) is 0. The third-order valence-corrected chi connectivity index (χ3v) is 4.57. The van der Waals surface area contributed by atoms with E-state index in [2.05, 4.69) is 10.2 Å². The number of rotatable bonds is 6. The standard InChI is InChI=1S/C19H24N2O4/c22-13-17(23)12-21-8-6-14(7-9-21)19(24)20-16-4-1-3-15(11-16)18-5-2-10-25-18/h1-5,10-11,14,17,22-23H,6-9,12-13H2,(H,20,24). The smallest absolute Gasteiger partial charge is 0.227 e. The fraction of sp³-hybridized carbons (Fsp3) is 0.421. The van der Waals surface area contributed by atoms with Crippen molar-refractivity contribution >= 4 is 11.6 Å². The fourth-order valence-electron chi connectivity index (χ4n) is 3.17. The first-order valence-electron chi connectivity index (χ1n) is 8.62. The van der Waals surface area contributed by atoms with Gasteiger partial charge in [0.15, 0.2) is 0 Å². The van der Waals surface area contributed by atoms with Crippen LogP contribution in [0.1, 0.15) is 12.8 Å². The molecule has 1 saturated heterocycles. The number of amides is 1. The number of carbonyl (C=O) groups excluding carboxylic acids is 1. The van der Waals surface area contributed by atoms with Gasteiger partial charge in [0, 0.05) is 23.7 Å². The Hall–Kier alpha value is -2.15. The number of benzene rings is 1. The van der Waals surface area contributed by atoms with Gasteiger partial charge >= 0.3 is 0 Å². The molecule has 1 aromatic heterocycles. The zero-order chi connectivity index (χ0) is 17.6. The molecule has 2 aromatic rings. The molecule has 2 heterocycles. The Bertz CT molecular complexity index is 678. The molecule has 1 unspecified atom stereocenters. The number of carbonyl (C=O) groups is 1. The molecule has 3 N–H and O–H groups in total. The topological polar surface area (TPSA) is 85.9 Å². The van der Waals surface area contributed by atoms with Crippen LogP contribution < -0.4 is 5.32 Å². The van der Waals surface area contributed by atoms with Gasteiger partial charge in [-0.1, -0.05) is 12.1 Å². The largest absolute Gasteiger partial charge is 0.464 e. The highest BCUT2D eigenvalue weighted by molar-refractivity contribution is 5.93. The van der Waals surface area contributed by atoms with E-state index in [1.54, 1.807) is 6.26 Å². The van der Waals surface area contributed by atoms with Crippen LogP contribution in [-0.2, 0) is 4.79 Å². The molecule has 0 saturated carbocycles. The first kappa shape index (κ1) is 17.7. The number of β-amino-alcohol motifs (C(OH)–C–C–N with tert-alkyl or cyclic N) is 1. The van der Waals surface area contributed by atoms with E-state index in [1.165, 1.54) is 0 Å². The summed E-state index contributed by atoms with van der Waals surface area (Å²) in [6.07, 6.45) is 2.42. The number of hydrogen-bond donors (Lipinski definition) is 3. The molecule has 0 aliphatic carbocycles. The second kappa shape index (κ2) is 8.29. The molecule has 0 bridgehead atoms. The van der Waals surface area contributed by atoms with Crippen molar-refractivity contribution in [1.82, 2.24) is 4.90 Å². The summed E-state index contributed by atoms with van der Waals surface area (Å²) in [6, 6.07) is 11.3. The van der Waals surface area contributed by atoms with Crippen LogP contribution in [0.2, 0.25) is 0 Å². The average Bonchev–Trinajstić information content (AvgIpc) is 3.17. The van der Waals surface area contributed by atoms with Crippen LogP contribution in [-0.4, -0.2) is 53.4 Å². The molecule has 1 fully saturated rings. The van der Waals surface area contributed by atoms with Crippen LogP contribution in [0.15, 0.2) is 47.1 Å². The molecule has 0 radical (unpaired) electrons. The van der Waals surface area contributed by atoms with E-state index in [9.17, 15) is 9.90 Å². The Labute approximate surface area is 147 Å². The number of nitrogens with one attached hydrogen (secondary N) is 1. The van der Waals surface area contributed by atoms with Crippen LogP contribution in [0.5, 0.6) is 0 Å². The van der Waals surface area contributed by atoms with Gasteiger partial charge in [0.05, 0.1) is 19.0 Å². The van der Waals surface area contributed by atoms with Gasteiger partial charge in [0.2, 0.25) is 5.91 Å². The third kappa shape index (κ3) is 4.69. The number of hydrogen-bond acceptors (Lipinski definition) is 5. The summed E-state index contributed by atoms with van der Waals surface area (Å²) in [5, 5.41) is 21.4. The lowest BCUT2D eigenvalue weighted by atomic mass is 9.95. The fourth-order valence-corrected chi connectivity index (χ4v) is 3.17. The second-order valence-corrected chi connectivity index (χ2v) is 6.46. The predicted molar refractivity (Wildman–Crippen MR) is 95.0 cm³/mol. The molecule has 6 heteroatoms. The van der Waals surface area contributed by atoms with Crippen LogP contribution in [0.3, 0.4) is 0 Å². The summed E-state index contributed by atoms with van der Waals surface area (Å²) in [5.74, 6) is 0.764. The van der Waals surface area contributed by atoms with Crippen molar-refractivity contribution in [2.24, 2.45) is 5.92 Å². The minimum absolute atomic E-state index is 0.0268. The van der Waals surface area contributed by atoms with Crippen LogP contribution in [0.4, 0.5) is 5.69 Å². The zero-order valence-corrected chi connectivity index (χ0v) is 14.1.